The maximum Gasteiger partial charge on any atom is 0.217 e. The molecule has 1 amide bonds. The quantitative estimate of drug-likeness (QED) is 0.0906. The van der Waals surface area contributed by atoms with Crippen LogP contribution in [0.1, 0.15) is 136 Å². The molecule has 0 aliphatic carbocycles. The summed E-state index contributed by atoms with van der Waals surface area (Å²) in [6.07, 6.45) is 31.9. The molecule has 4 nitrogen and oxygen atoms in total. The van der Waals surface area contributed by atoms with Crippen molar-refractivity contribution in [2.75, 3.05) is 26.2 Å². The smallest absolute Gasteiger partial charge is 0.217 e. The maximum atomic E-state index is 11.2. The molecule has 0 radical (unpaired) electrons. The van der Waals surface area contributed by atoms with Crippen molar-refractivity contribution < 1.29 is 9.28 Å². The summed E-state index contributed by atoms with van der Waals surface area (Å²) in [4.78, 5) is 16.0. The van der Waals surface area contributed by atoms with E-state index in [2.05, 4.69) is 37.5 Å². The molecule has 0 saturated heterocycles. The van der Waals surface area contributed by atoms with E-state index >= 15 is 0 Å². The number of rotatable bonds is 23. The van der Waals surface area contributed by atoms with Crippen molar-refractivity contribution in [2.24, 2.45) is 4.99 Å². The average Bonchev–Trinajstić information content (AvgIpc) is 3.23. The van der Waals surface area contributed by atoms with Gasteiger partial charge >= 0.3 is 0 Å². The number of nitrogens with zero attached hydrogens (tertiary/aromatic N) is 2. The minimum absolute atomic E-state index is 0.0701. The Bertz CT molecular complexity index is 545. The Balaban J connectivity index is 1.92. The normalized spacial score (nSPS) is 19.9. The van der Waals surface area contributed by atoms with Crippen LogP contribution in [0, 0.1) is 0 Å². The number of allylic oxidation sites excluding steroid dienone is 2. The predicted molar refractivity (Wildman–Crippen MR) is 149 cm³/mol. The van der Waals surface area contributed by atoms with E-state index in [1.807, 2.05) is 0 Å². The van der Waals surface area contributed by atoms with Gasteiger partial charge in [0.2, 0.25) is 5.91 Å². The van der Waals surface area contributed by atoms with Gasteiger partial charge in [-0.3, -0.25) is 9.28 Å². The van der Waals surface area contributed by atoms with E-state index in [0.29, 0.717) is 6.17 Å². The molecule has 2 atom stereocenters. The third-order valence-corrected chi connectivity index (χ3v) is 7.64. The number of carbonyl (C=O) groups is 1. The SMILES string of the molecule is CCCCCCCCCC/C=C/CCCCCCCCCC1N=CC[N+]1(CC)CCNC(C)=O. The van der Waals surface area contributed by atoms with Crippen LogP contribution in [0.25, 0.3) is 0 Å². The number of likely N-dealkylation sites (N-methyl/N-ethyl adjacent to an activating group) is 1. The lowest BCUT2D eigenvalue weighted by molar-refractivity contribution is -0.935. The van der Waals surface area contributed by atoms with Crippen LogP contribution in [0.4, 0.5) is 0 Å². The fraction of sp³-hybridized carbons (Fsp3) is 0.867. The summed E-state index contributed by atoms with van der Waals surface area (Å²) in [7, 11) is 0. The minimum atomic E-state index is 0.0701. The fourth-order valence-corrected chi connectivity index (χ4v) is 5.24. The van der Waals surface area contributed by atoms with Gasteiger partial charge in [0, 0.05) is 13.3 Å². The molecule has 0 fully saturated rings. The lowest BCUT2D eigenvalue weighted by Crippen LogP contribution is -2.55. The first-order valence-electron chi connectivity index (χ1n) is 14.9. The Morgan fingerprint density at radius 2 is 1.38 bits per heavy atom. The van der Waals surface area contributed by atoms with Crippen molar-refractivity contribution in [3.05, 3.63) is 12.2 Å². The Kier molecular flexibility index (Phi) is 19.2. The van der Waals surface area contributed by atoms with Crippen LogP contribution in [-0.4, -0.2) is 48.9 Å². The molecule has 198 valence electrons. The highest BCUT2D eigenvalue weighted by Crippen LogP contribution is 2.24. The summed E-state index contributed by atoms with van der Waals surface area (Å²) in [6, 6.07) is 0. The van der Waals surface area contributed by atoms with Crippen molar-refractivity contribution in [2.45, 2.75) is 143 Å². The molecular weight excluding hydrogens is 418 g/mol. The van der Waals surface area contributed by atoms with Gasteiger partial charge in [0.15, 0.2) is 6.17 Å². The first kappa shape index (κ1) is 30.9. The summed E-state index contributed by atoms with van der Waals surface area (Å²) in [5.41, 5.74) is 0. The molecule has 2 unspecified atom stereocenters. The second-order valence-corrected chi connectivity index (χ2v) is 10.5. The second kappa shape index (κ2) is 21.1. The average molecular weight is 477 g/mol. The lowest BCUT2D eigenvalue weighted by Gasteiger charge is -2.38. The number of unbranched alkanes of at least 4 members (excludes halogenated alkanes) is 15. The zero-order valence-corrected chi connectivity index (χ0v) is 23.2. The molecule has 0 aromatic heterocycles. The predicted octanol–water partition coefficient (Wildman–Crippen LogP) is 7.97. The van der Waals surface area contributed by atoms with Gasteiger partial charge in [-0.05, 0) is 39.0 Å². The Morgan fingerprint density at radius 3 is 1.91 bits per heavy atom. The van der Waals surface area contributed by atoms with E-state index in [1.54, 1.807) is 6.92 Å². The summed E-state index contributed by atoms with van der Waals surface area (Å²) in [5.74, 6) is 0.0701. The van der Waals surface area contributed by atoms with E-state index < -0.39 is 0 Å². The topological polar surface area (TPSA) is 41.5 Å². The number of hydrogen-bond acceptors (Lipinski definition) is 2. The lowest BCUT2D eigenvalue weighted by atomic mass is 10.1. The Morgan fingerprint density at radius 1 is 0.853 bits per heavy atom. The summed E-state index contributed by atoms with van der Waals surface area (Å²) < 4.78 is 1.02. The van der Waals surface area contributed by atoms with Gasteiger partial charge in [0.25, 0.3) is 0 Å². The highest BCUT2D eigenvalue weighted by Gasteiger charge is 2.37. The number of carbonyl (C=O) groups excluding carboxylic acids is 1. The van der Waals surface area contributed by atoms with Gasteiger partial charge < -0.3 is 5.32 Å². The molecule has 1 N–H and O–H groups in total. The van der Waals surface area contributed by atoms with Crippen molar-refractivity contribution in [1.29, 1.82) is 0 Å². The Labute approximate surface area is 212 Å². The van der Waals surface area contributed by atoms with E-state index in [9.17, 15) is 4.79 Å². The number of amides is 1. The summed E-state index contributed by atoms with van der Waals surface area (Å²) in [6.45, 7) is 10.0. The third kappa shape index (κ3) is 15.0. The van der Waals surface area contributed by atoms with Crippen LogP contribution < -0.4 is 5.32 Å². The van der Waals surface area contributed by atoms with Gasteiger partial charge in [-0.25, -0.2) is 4.99 Å². The van der Waals surface area contributed by atoms with Gasteiger partial charge in [0.05, 0.1) is 25.8 Å². The van der Waals surface area contributed by atoms with Crippen LogP contribution in [-0.2, 0) is 4.79 Å². The fourth-order valence-electron chi connectivity index (χ4n) is 5.24. The van der Waals surface area contributed by atoms with E-state index in [0.717, 1.165) is 30.7 Å². The summed E-state index contributed by atoms with van der Waals surface area (Å²) in [5, 5.41) is 2.97. The maximum absolute atomic E-state index is 11.2. The van der Waals surface area contributed by atoms with Crippen LogP contribution >= 0.6 is 0 Å². The molecule has 34 heavy (non-hydrogen) atoms. The monoisotopic (exact) mass is 476 g/mol. The van der Waals surface area contributed by atoms with E-state index in [1.165, 1.54) is 116 Å². The highest BCUT2D eigenvalue weighted by molar-refractivity contribution is 5.72. The highest BCUT2D eigenvalue weighted by atomic mass is 16.1. The van der Waals surface area contributed by atoms with Crippen molar-refractivity contribution >= 4 is 12.1 Å². The van der Waals surface area contributed by atoms with Crippen molar-refractivity contribution in [3.8, 4) is 0 Å². The largest absolute Gasteiger partial charge is 0.351 e. The molecule has 0 spiro atoms. The van der Waals surface area contributed by atoms with Crippen molar-refractivity contribution in [3.63, 3.8) is 0 Å². The molecule has 4 heteroatoms. The molecule has 1 rings (SSSR count). The molecule has 0 saturated carbocycles. The summed E-state index contributed by atoms with van der Waals surface area (Å²) >= 11 is 0. The molecule has 0 aromatic rings. The molecule has 0 aromatic carbocycles. The molecule has 1 aliphatic rings. The Hall–Kier alpha value is -1.16. The van der Waals surface area contributed by atoms with Gasteiger partial charge in [0.1, 0.15) is 6.54 Å². The zero-order valence-electron chi connectivity index (χ0n) is 23.2. The zero-order chi connectivity index (χ0) is 24.7. The van der Waals surface area contributed by atoms with Gasteiger partial charge in [-0.15, -0.1) is 0 Å². The number of aliphatic imine (C=N–C) groups is 1. The second-order valence-electron chi connectivity index (χ2n) is 10.5. The standard InChI is InChI=1S/C30H57N3O/c1-4-6-7-8-9-10-11-12-13-14-15-16-17-18-19-20-21-22-23-24-30-32-26-28-33(30,5-2)27-25-31-29(3)34/h14-15,26,30H,4-13,16-25,27-28H2,1-3H3/p+1/b15-14+. The van der Waals surface area contributed by atoms with Gasteiger partial charge in [-0.2, -0.15) is 0 Å². The van der Waals surface area contributed by atoms with Crippen molar-refractivity contribution in [1.82, 2.24) is 5.32 Å². The van der Waals surface area contributed by atoms with E-state index in [4.69, 9.17) is 4.99 Å². The van der Waals surface area contributed by atoms with Crippen LogP contribution in [0.5, 0.6) is 0 Å². The first-order chi connectivity index (χ1) is 16.6. The van der Waals surface area contributed by atoms with Crippen LogP contribution in [0.15, 0.2) is 17.1 Å². The third-order valence-electron chi connectivity index (χ3n) is 7.64. The van der Waals surface area contributed by atoms with Crippen LogP contribution in [0.3, 0.4) is 0 Å². The molecule has 1 heterocycles. The molecule has 1 aliphatic heterocycles. The number of quaternary nitrogens is 1. The molecular formula is C30H58N3O+. The molecule has 0 bridgehead atoms. The van der Waals surface area contributed by atoms with Crippen LogP contribution in [0.2, 0.25) is 0 Å². The van der Waals surface area contributed by atoms with E-state index in [-0.39, 0.29) is 5.91 Å². The van der Waals surface area contributed by atoms with Gasteiger partial charge in [-0.1, -0.05) is 96.1 Å². The first-order valence-corrected chi connectivity index (χ1v) is 14.9. The number of hydrogen-bond donors (Lipinski definition) is 1. The minimum Gasteiger partial charge on any atom is -0.351 e. The number of nitrogens with one attached hydrogen (secondary N) is 1.